The standard InChI is InChI=1S/C32H40BrN3O6S/c1-6-23(4)34-32(38)30(7-2)35(21-24-9-15-27(41-5)16-10-24)31(37)22-36(26-13-17-28(18-14-26)42-8-3)43(39,40)29-19-11-25(33)12-20-29/h9-20,23,30H,6-8,21-22H2,1-5H3,(H,34,38)/t23-,30-/m1/s1. The molecule has 0 radical (unpaired) electrons. The van der Waals surface area contributed by atoms with E-state index in [2.05, 4.69) is 21.2 Å². The number of hydrogen-bond acceptors (Lipinski definition) is 6. The van der Waals surface area contributed by atoms with Gasteiger partial charge in [0.25, 0.3) is 10.0 Å². The third-order valence-electron chi connectivity index (χ3n) is 7.02. The molecule has 9 nitrogen and oxygen atoms in total. The smallest absolute Gasteiger partial charge is 0.264 e. The van der Waals surface area contributed by atoms with Crippen molar-refractivity contribution in [3.63, 3.8) is 0 Å². The van der Waals surface area contributed by atoms with Crippen molar-refractivity contribution in [1.82, 2.24) is 10.2 Å². The first kappa shape index (κ1) is 33.9. The van der Waals surface area contributed by atoms with Crippen LogP contribution in [0.15, 0.2) is 82.2 Å². The number of rotatable bonds is 15. The van der Waals surface area contributed by atoms with Gasteiger partial charge in [-0.15, -0.1) is 0 Å². The molecule has 3 aromatic carbocycles. The lowest BCUT2D eigenvalue weighted by atomic mass is 10.1. The Morgan fingerprint density at radius 1 is 0.884 bits per heavy atom. The van der Waals surface area contributed by atoms with E-state index in [4.69, 9.17) is 9.47 Å². The molecule has 11 heteroatoms. The van der Waals surface area contributed by atoms with Crippen LogP contribution in [-0.2, 0) is 26.2 Å². The van der Waals surface area contributed by atoms with Gasteiger partial charge in [0.15, 0.2) is 0 Å². The van der Waals surface area contributed by atoms with Crippen LogP contribution in [0.25, 0.3) is 0 Å². The van der Waals surface area contributed by atoms with E-state index in [0.717, 1.165) is 20.8 Å². The van der Waals surface area contributed by atoms with Gasteiger partial charge in [-0.1, -0.05) is 41.9 Å². The minimum absolute atomic E-state index is 0.0284. The summed E-state index contributed by atoms with van der Waals surface area (Å²) >= 11 is 3.35. The molecular weight excluding hydrogens is 634 g/mol. The Balaban J connectivity index is 2.06. The molecule has 2 atom stereocenters. The summed E-state index contributed by atoms with van der Waals surface area (Å²) in [5.41, 5.74) is 1.06. The molecule has 0 bridgehead atoms. The summed E-state index contributed by atoms with van der Waals surface area (Å²) in [5, 5.41) is 2.98. The molecule has 0 fully saturated rings. The van der Waals surface area contributed by atoms with Crippen molar-refractivity contribution < 1.29 is 27.5 Å². The number of nitrogens with zero attached hydrogens (tertiary/aromatic N) is 2. The molecule has 0 heterocycles. The summed E-state index contributed by atoms with van der Waals surface area (Å²) in [6.07, 6.45) is 1.07. The lowest BCUT2D eigenvalue weighted by Crippen LogP contribution is -2.53. The predicted molar refractivity (Wildman–Crippen MR) is 172 cm³/mol. The average molecular weight is 675 g/mol. The third kappa shape index (κ3) is 8.96. The van der Waals surface area contributed by atoms with Gasteiger partial charge in [-0.05, 0) is 92.9 Å². The zero-order chi connectivity index (χ0) is 31.6. The highest BCUT2D eigenvalue weighted by molar-refractivity contribution is 9.10. The molecule has 0 aliphatic heterocycles. The first-order valence-electron chi connectivity index (χ1n) is 14.3. The number of nitrogens with one attached hydrogen (secondary N) is 1. The van der Waals surface area contributed by atoms with Crippen LogP contribution >= 0.6 is 15.9 Å². The van der Waals surface area contributed by atoms with E-state index in [0.29, 0.717) is 30.2 Å². The molecule has 0 saturated heterocycles. The van der Waals surface area contributed by atoms with Crippen molar-refractivity contribution in [3.05, 3.63) is 82.8 Å². The number of ether oxygens (including phenoxy) is 2. The molecule has 1 N–H and O–H groups in total. The fourth-order valence-corrected chi connectivity index (χ4v) is 6.10. The highest BCUT2D eigenvalue weighted by atomic mass is 79.9. The first-order valence-corrected chi connectivity index (χ1v) is 16.5. The molecule has 3 aromatic rings. The van der Waals surface area contributed by atoms with Gasteiger partial charge < -0.3 is 19.7 Å². The highest BCUT2D eigenvalue weighted by Crippen LogP contribution is 2.28. The molecule has 0 unspecified atom stereocenters. The van der Waals surface area contributed by atoms with Gasteiger partial charge in [-0.25, -0.2) is 8.42 Å². The van der Waals surface area contributed by atoms with Crippen molar-refractivity contribution in [2.75, 3.05) is 24.6 Å². The Kier molecular flexibility index (Phi) is 12.4. The molecular formula is C32H40BrN3O6S. The molecule has 2 amide bonds. The lowest BCUT2D eigenvalue weighted by Gasteiger charge is -2.33. The molecule has 0 saturated carbocycles. The van der Waals surface area contributed by atoms with Gasteiger partial charge >= 0.3 is 0 Å². The molecule has 0 aliphatic rings. The largest absolute Gasteiger partial charge is 0.497 e. The van der Waals surface area contributed by atoms with Crippen molar-refractivity contribution in [2.45, 2.75) is 64.1 Å². The quantitative estimate of drug-likeness (QED) is 0.220. The topological polar surface area (TPSA) is 105 Å². The number of hydrogen-bond donors (Lipinski definition) is 1. The number of methoxy groups -OCH3 is 1. The Labute approximate surface area is 263 Å². The molecule has 232 valence electrons. The Morgan fingerprint density at radius 3 is 2.02 bits per heavy atom. The van der Waals surface area contributed by atoms with Gasteiger partial charge in [0.2, 0.25) is 11.8 Å². The number of benzene rings is 3. The first-order chi connectivity index (χ1) is 20.5. The van der Waals surface area contributed by atoms with E-state index in [9.17, 15) is 18.0 Å². The van der Waals surface area contributed by atoms with Gasteiger partial charge in [0, 0.05) is 17.1 Å². The van der Waals surface area contributed by atoms with Crippen molar-refractivity contribution in [1.29, 1.82) is 0 Å². The summed E-state index contributed by atoms with van der Waals surface area (Å²) in [6, 6.07) is 19.1. The minimum Gasteiger partial charge on any atom is -0.497 e. The van der Waals surface area contributed by atoms with E-state index < -0.39 is 28.5 Å². The van der Waals surface area contributed by atoms with Crippen LogP contribution in [-0.4, -0.2) is 57.5 Å². The zero-order valence-electron chi connectivity index (χ0n) is 25.2. The number of halogens is 1. The Morgan fingerprint density at radius 2 is 1.49 bits per heavy atom. The summed E-state index contributed by atoms with van der Waals surface area (Å²) in [7, 11) is -2.61. The molecule has 0 spiro atoms. The van der Waals surface area contributed by atoms with Crippen molar-refractivity contribution >= 4 is 43.5 Å². The van der Waals surface area contributed by atoms with Crippen LogP contribution in [0.1, 0.15) is 46.1 Å². The molecule has 43 heavy (non-hydrogen) atoms. The van der Waals surface area contributed by atoms with Crippen LogP contribution in [0.2, 0.25) is 0 Å². The van der Waals surface area contributed by atoms with Gasteiger partial charge in [-0.3, -0.25) is 13.9 Å². The second-order valence-electron chi connectivity index (χ2n) is 10.0. The summed E-state index contributed by atoms with van der Waals surface area (Å²) in [5.74, 6) is 0.427. The van der Waals surface area contributed by atoms with Gasteiger partial charge in [-0.2, -0.15) is 0 Å². The third-order valence-corrected chi connectivity index (χ3v) is 9.33. The average Bonchev–Trinajstić information content (AvgIpc) is 3.00. The number of amides is 2. The monoisotopic (exact) mass is 673 g/mol. The lowest BCUT2D eigenvalue weighted by molar-refractivity contribution is -0.140. The second kappa shape index (κ2) is 15.8. The molecule has 3 rings (SSSR count). The van der Waals surface area contributed by atoms with Gasteiger partial charge in [0.05, 0.1) is 24.3 Å². The summed E-state index contributed by atoms with van der Waals surface area (Å²) in [6.45, 7) is 7.59. The van der Waals surface area contributed by atoms with E-state index in [1.165, 1.54) is 17.0 Å². The van der Waals surface area contributed by atoms with E-state index >= 15 is 0 Å². The fraction of sp³-hybridized carbons (Fsp3) is 0.375. The minimum atomic E-state index is -4.17. The maximum Gasteiger partial charge on any atom is 0.264 e. The van der Waals surface area contributed by atoms with Crippen LogP contribution in [0.4, 0.5) is 5.69 Å². The van der Waals surface area contributed by atoms with Crippen LogP contribution < -0.4 is 19.1 Å². The number of carbonyl (C=O) groups is 2. The molecule has 0 aliphatic carbocycles. The fourth-order valence-electron chi connectivity index (χ4n) is 4.43. The van der Waals surface area contributed by atoms with Crippen LogP contribution in [0, 0.1) is 0 Å². The van der Waals surface area contributed by atoms with E-state index in [1.807, 2.05) is 39.8 Å². The Hall–Kier alpha value is -3.57. The SMILES string of the molecule is CCOc1ccc(N(CC(=O)N(Cc2ccc(OC)cc2)[C@H](CC)C(=O)N[C@H](C)CC)S(=O)(=O)c2ccc(Br)cc2)cc1. The number of carbonyl (C=O) groups excluding carboxylic acids is 2. The maximum atomic E-state index is 14.2. The summed E-state index contributed by atoms with van der Waals surface area (Å²) in [4.78, 5) is 29.1. The summed E-state index contributed by atoms with van der Waals surface area (Å²) < 4.78 is 40.6. The van der Waals surface area contributed by atoms with Gasteiger partial charge in [0.1, 0.15) is 24.1 Å². The number of sulfonamides is 1. The normalized spacial score (nSPS) is 12.6. The van der Waals surface area contributed by atoms with Crippen LogP contribution in [0.3, 0.4) is 0 Å². The van der Waals surface area contributed by atoms with Crippen LogP contribution in [0.5, 0.6) is 11.5 Å². The van der Waals surface area contributed by atoms with E-state index in [-0.39, 0.29) is 23.4 Å². The van der Waals surface area contributed by atoms with Crippen molar-refractivity contribution in [2.24, 2.45) is 0 Å². The number of anilines is 1. The zero-order valence-corrected chi connectivity index (χ0v) is 27.7. The molecule has 0 aromatic heterocycles. The van der Waals surface area contributed by atoms with E-state index in [1.54, 1.807) is 55.6 Å². The second-order valence-corrected chi connectivity index (χ2v) is 12.8. The Bertz CT molecular complexity index is 1450. The highest BCUT2D eigenvalue weighted by Gasteiger charge is 2.34. The maximum absolute atomic E-state index is 14.2. The van der Waals surface area contributed by atoms with Crippen molar-refractivity contribution in [3.8, 4) is 11.5 Å². The predicted octanol–water partition coefficient (Wildman–Crippen LogP) is 5.77.